The van der Waals surface area contributed by atoms with E-state index in [9.17, 15) is 4.79 Å². The molecule has 1 aromatic carbocycles. The van der Waals surface area contributed by atoms with Crippen molar-refractivity contribution >= 4 is 17.9 Å². The fraction of sp³-hybridized carbons (Fsp3) is 0.125. The molecule has 3 rings (SSSR count). The predicted molar refractivity (Wildman–Crippen MR) is 75.2 cm³/mol. The summed E-state index contributed by atoms with van der Waals surface area (Å²) in [4.78, 5) is 16.0. The second-order valence-electron chi connectivity index (χ2n) is 4.65. The summed E-state index contributed by atoms with van der Waals surface area (Å²) in [7, 11) is 0. The zero-order valence-electron chi connectivity index (χ0n) is 11.2. The van der Waals surface area contributed by atoms with Crippen LogP contribution in [-0.4, -0.2) is 11.9 Å². The maximum atomic E-state index is 11.8. The number of nitrogens with zero attached hydrogens (tertiary/aromatic N) is 1. The highest BCUT2D eigenvalue weighted by molar-refractivity contribution is 6.12. The van der Waals surface area contributed by atoms with Gasteiger partial charge in [-0.25, -0.2) is 9.79 Å². The van der Waals surface area contributed by atoms with Crippen LogP contribution in [0.1, 0.15) is 22.6 Å². The Bertz CT molecular complexity index is 720. The van der Waals surface area contributed by atoms with Gasteiger partial charge in [0.25, 0.3) is 0 Å². The van der Waals surface area contributed by atoms with Crippen LogP contribution in [0.15, 0.2) is 51.5 Å². The van der Waals surface area contributed by atoms with Crippen LogP contribution in [0.2, 0.25) is 0 Å². The van der Waals surface area contributed by atoms with Gasteiger partial charge in [0, 0.05) is 11.6 Å². The molecule has 0 N–H and O–H groups in total. The van der Waals surface area contributed by atoms with Crippen molar-refractivity contribution in [1.29, 1.82) is 0 Å². The first-order valence-corrected chi connectivity index (χ1v) is 6.28. The number of ether oxygens (including phenoxy) is 1. The molecule has 0 aliphatic carbocycles. The molecule has 1 aromatic heterocycles. The lowest BCUT2D eigenvalue weighted by molar-refractivity contribution is -0.129. The Labute approximate surface area is 116 Å². The van der Waals surface area contributed by atoms with E-state index in [0.717, 1.165) is 16.9 Å². The van der Waals surface area contributed by atoms with Crippen LogP contribution < -0.4 is 0 Å². The summed E-state index contributed by atoms with van der Waals surface area (Å²) < 4.78 is 10.6. The van der Waals surface area contributed by atoms with Crippen molar-refractivity contribution in [3.05, 3.63) is 64.7 Å². The Morgan fingerprint density at radius 2 is 1.80 bits per heavy atom. The molecule has 0 amide bonds. The van der Waals surface area contributed by atoms with Crippen LogP contribution in [0.25, 0.3) is 6.08 Å². The molecule has 4 heteroatoms. The Hall–Kier alpha value is -2.62. The minimum atomic E-state index is -0.463. The number of benzene rings is 1. The average molecular weight is 267 g/mol. The van der Waals surface area contributed by atoms with Gasteiger partial charge in [-0.3, -0.25) is 0 Å². The number of hydrogen-bond donors (Lipinski definition) is 0. The number of aryl methyl sites for hydroxylation is 2. The molecule has 0 radical (unpaired) electrons. The molecule has 4 nitrogen and oxygen atoms in total. The van der Waals surface area contributed by atoms with E-state index in [1.807, 2.05) is 44.2 Å². The summed E-state index contributed by atoms with van der Waals surface area (Å²) in [5.74, 6) is 1.23. The van der Waals surface area contributed by atoms with E-state index in [4.69, 9.17) is 9.15 Å². The summed E-state index contributed by atoms with van der Waals surface area (Å²) in [5.41, 5.74) is 2.17. The zero-order chi connectivity index (χ0) is 14.1. The molecule has 100 valence electrons. The van der Waals surface area contributed by atoms with E-state index >= 15 is 0 Å². The molecule has 1 aliphatic heterocycles. The standard InChI is InChI=1S/C16H13NO3/c1-10-3-6-12(7-4-10)15-17-14(16(18)20-15)9-13-8-5-11(2)19-13/h3-9H,1-2H3. The molecule has 2 aromatic rings. The molecule has 0 saturated carbocycles. The first-order chi connectivity index (χ1) is 9.61. The maximum absolute atomic E-state index is 11.8. The predicted octanol–water partition coefficient (Wildman–Crippen LogP) is 3.24. The highest BCUT2D eigenvalue weighted by Gasteiger charge is 2.24. The number of aliphatic imine (C=N–C) groups is 1. The van der Waals surface area contributed by atoms with Gasteiger partial charge in [0.15, 0.2) is 5.70 Å². The summed E-state index contributed by atoms with van der Waals surface area (Å²) in [5, 5.41) is 0. The third kappa shape index (κ3) is 2.40. The van der Waals surface area contributed by atoms with Gasteiger partial charge in [0.2, 0.25) is 5.90 Å². The first kappa shape index (κ1) is 12.4. The zero-order valence-corrected chi connectivity index (χ0v) is 11.2. The van der Waals surface area contributed by atoms with E-state index in [2.05, 4.69) is 4.99 Å². The van der Waals surface area contributed by atoms with Crippen LogP contribution >= 0.6 is 0 Å². The van der Waals surface area contributed by atoms with Gasteiger partial charge in [-0.15, -0.1) is 0 Å². The molecule has 20 heavy (non-hydrogen) atoms. The summed E-state index contributed by atoms with van der Waals surface area (Å²) >= 11 is 0. The lowest BCUT2D eigenvalue weighted by Gasteiger charge is -1.99. The lowest BCUT2D eigenvalue weighted by atomic mass is 10.1. The number of cyclic esters (lactones) is 1. The molecule has 2 heterocycles. The van der Waals surface area contributed by atoms with E-state index in [1.165, 1.54) is 0 Å². The highest BCUT2D eigenvalue weighted by atomic mass is 16.6. The molecule has 0 spiro atoms. The molecule has 0 unspecified atom stereocenters. The van der Waals surface area contributed by atoms with Gasteiger partial charge in [-0.1, -0.05) is 17.7 Å². The smallest absolute Gasteiger partial charge is 0.363 e. The van der Waals surface area contributed by atoms with Crippen LogP contribution in [0.4, 0.5) is 0 Å². The highest BCUT2D eigenvalue weighted by Crippen LogP contribution is 2.20. The summed E-state index contributed by atoms with van der Waals surface area (Å²) in [6.45, 7) is 3.84. The minimum Gasteiger partial charge on any atom is -0.462 e. The van der Waals surface area contributed by atoms with Crippen molar-refractivity contribution in [3.8, 4) is 0 Å². The van der Waals surface area contributed by atoms with Crippen molar-refractivity contribution < 1.29 is 13.9 Å². The second-order valence-corrected chi connectivity index (χ2v) is 4.65. The number of hydrogen-bond acceptors (Lipinski definition) is 4. The molecule has 1 aliphatic rings. The van der Waals surface area contributed by atoms with Crippen molar-refractivity contribution in [2.24, 2.45) is 4.99 Å². The first-order valence-electron chi connectivity index (χ1n) is 6.28. The summed E-state index contributed by atoms with van der Waals surface area (Å²) in [6.07, 6.45) is 1.58. The molecule has 0 saturated heterocycles. The van der Waals surface area contributed by atoms with Crippen molar-refractivity contribution in [3.63, 3.8) is 0 Å². The maximum Gasteiger partial charge on any atom is 0.363 e. The van der Waals surface area contributed by atoms with Gasteiger partial charge < -0.3 is 9.15 Å². The van der Waals surface area contributed by atoms with E-state index < -0.39 is 5.97 Å². The summed E-state index contributed by atoms with van der Waals surface area (Å²) in [6, 6.07) is 11.3. The molecule has 0 atom stereocenters. The topological polar surface area (TPSA) is 51.8 Å². The van der Waals surface area contributed by atoms with Crippen LogP contribution in [0, 0.1) is 13.8 Å². The molecule has 0 fully saturated rings. The largest absolute Gasteiger partial charge is 0.462 e. The SMILES string of the molecule is Cc1ccc(C2=NC(=Cc3ccc(C)o3)C(=O)O2)cc1. The number of furan rings is 1. The van der Waals surface area contributed by atoms with Gasteiger partial charge in [-0.2, -0.15) is 0 Å². The molecular weight excluding hydrogens is 254 g/mol. The third-order valence-electron chi connectivity index (χ3n) is 2.96. The van der Waals surface area contributed by atoms with Crippen LogP contribution in [-0.2, 0) is 9.53 Å². The normalized spacial score (nSPS) is 16.4. The van der Waals surface area contributed by atoms with Crippen molar-refractivity contribution in [2.75, 3.05) is 0 Å². The fourth-order valence-corrected chi connectivity index (χ4v) is 1.89. The van der Waals surface area contributed by atoms with E-state index in [-0.39, 0.29) is 5.70 Å². The van der Waals surface area contributed by atoms with Crippen molar-refractivity contribution in [1.82, 2.24) is 0 Å². The van der Waals surface area contributed by atoms with E-state index in [0.29, 0.717) is 11.7 Å². The van der Waals surface area contributed by atoms with Gasteiger partial charge in [-0.05, 0) is 38.1 Å². The monoisotopic (exact) mass is 267 g/mol. The Balaban J connectivity index is 1.92. The Kier molecular flexibility index (Phi) is 2.99. The average Bonchev–Trinajstić information content (AvgIpc) is 2.98. The lowest BCUT2D eigenvalue weighted by Crippen LogP contribution is -2.05. The Morgan fingerprint density at radius 1 is 1.05 bits per heavy atom. The number of carbonyl (C=O) groups is 1. The van der Waals surface area contributed by atoms with Gasteiger partial charge >= 0.3 is 5.97 Å². The van der Waals surface area contributed by atoms with Crippen LogP contribution in [0.3, 0.4) is 0 Å². The minimum absolute atomic E-state index is 0.245. The van der Waals surface area contributed by atoms with Crippen molar-refractivity contribution in [2.45, 2.75) is 13.8 Å². The van der Waals surface area contributed by atoms with Gasteiger partial charge in [0.05, 0.1) is 0 Å². The number of carbonyl (C=O) groups excluding carboxylic acids is 1. The second kappa shape index (κ2) is 4.81. The fourth-order valence-electron chi connectivity index (χ4n) is 1.89. The quantitative estimate of drug-likeness (QED) is 0.620. The van der Waals surface area contributed by atoms with Gasteiger partial charge in [0.1, 0.15) is 11.5 Å². The molecular formula is C16H13NO3. The van der Waals surface area contributed by atoms with E-state index in [1.54, 1.807) is 12.1 Å². The molecule has 0 bridgehead atoms. The number of rotatable bonds is 2. The number of esters is 1. The van der Waals surface area contributed by atoms with Crippen LogP contribution in [0.5, 0.6) is 0 Å². The Morgan fingerprint density at radius 3 is 2.45 bits per heavy atom. The third-order valence-corrected chi connectivity index (χ3v) is 2.96.